The average molecular weight is 269 g/mol. The van der Waals surface area contributed by atoms with Crippen LogP contribution < -0.4 is 5.32 Å². The second kappa shape index (κ2) is 5.70. The molecule has 0 aromatic heterocycles. The van der Waals surface area contributed by atoms with Crippen LogP contribution in [0.2, 0.25) is 0 Å². The van der Waals surface area contributed by atoms with E-state index < -0.39 is 0 Å². The molecule has 0 saturated heterocycles. The van der Waals surface area contributed by atoms with Crippen molar-refractivity contribution in [1.82, 2.24) is 0 Å². The van der Waals surface area contributed by atoms with Crippen molar-refractivity contribution in [2.24, 2.45) is 0 Å². The molecule has 19 heavy (non-hydrogen) atoms. The molecule has 0 aliphatic carbocycles. The van der Waals surface area contributed by atoms with E-state index in [0.717, 1.165) is 17.9 Å². The molecule has 2 aromatic carbocycles. The van der Waals surface area contributed by atoms with Crippen LogP contribution in [0.4, 0.5) is 5.69 Å². The van der Waals surface area contributed by atoms with Gasteiger partial charge in [-0.3, -0.25) is 0 Å². The zero-order chi connectivity index (χ0) is 13.1. The fourth-order valence-corrected chi connectivity index (χ4v) is 3.68. The van der Waals surface area contributed by atoms with E-state index in [1.165, 1.54) is 22.4 Å². The number of fused-ring (bicyclic) bond motifs is 1. The first-order chi connectivity index (χ1) is 9.36. The van der Waals surface area contributed by atoms with E-state index in [9.17, 15) is 0 Å². The van der Waals surface area contributed by atoms with Gasteiger partial charge >= 0.3 is 0 Å². The summed E-state index contributed by atoms with van der Waals surface area (Å²) >= 11 is 2.01. The van der Waals surface area contributed by atoms with E-state index in [2.05, 4.69) is 60.8 Å². The van der Waals surface area contributed by atoms with E-state index in [-0.39, 0.29) is 0 Å². The summed E-state index contributed by atoms with van der Waals surface area (Å²) in [5.41, 5.74) is 5.56. The quantitative estimate of drug-likeness (QED) is 0.870. The Hall–Kier alpha value is -1.41. The van der Waals surface area contributed by atoms with E-state index >= 15 is 0 Å². The number of hydrogen-bond donors (Lipinski definition) is 1. The number of benzene rings is 2. The van der Waals surface area contributed by atoms with E-state index in [4.69, 9.17) is 0 Å². The van der Waals surface area contributed by atoms with Crippen LogP contribution in [0.3, 0.4) is 0 Å². The molecule has 0 fully saturated rings. The standard InChI is InChI=1S/C17H19NS/c1-2-13-6-5-8-15(10-13)18-17-12-19-11-14-7-3-4-9-16(14)17/h3-10,17-18H,2,11-12H2,1H3. The van der Waals surface area contributed by atoms with Crippen molar-refractivity contribution < 1.29 is 0 Å². The van der Waals surface area contributed by atoms with Crippen molar-refractivity contribution in [2.45, 2.75) is 25.1 Å². The summed E-state index contributed by atoms with van der Waals surface area (Å²) in [5, 5.41) is 3.69. The van der Waals surface area contributed by atoms with Crippen molar-refractivity contribution in [2.75, 3.05) is 11.1 Å². The number of thioether (sulfide) groups is 1. The molecule has 2 heteroatoms. The Morgan fingerprint density at radius 2 is 2.05 bits per heavy atom. The molecule has 98 valence electrons. The SMILES string of the molecule is CCc1cccc(NC2CSCc3ccccc32)c1. The van der Waals surface area contributed by atoms with Crippen molar-refractivity contribution in [3.05, 3.63) is 65.2 Å². The average Bonchev–Trinajstić information content (AvgIpc) is 2.48. The van der Waals surface area contributed by atoms with E-state index in [1.807, 2.05) is 11.8 Å². The van der Waals surface area contributed by atoms with Crippen molar-refractivity contribution in [3.63, 3.8) is 0 Å². The first-order valence-corrected chi connectivity index (χ1v) is 8.03. The molecule has 3 rings (SSSR count). The second-order valence-electron chi connectivity index (χ2n) is 4.96. The Labute approximate surface area is 119 Å². The van der Waals surface area contributed by atoms with Gasteiger partial charge in [0.05, 0.1) is 6.04 Å². The zero-order valence-corrected chi connectivity index (χ0v) is 12.0. The van der Waals surface area contributed by atoms with Gasteiger partial charge in [-0.1, -0.05) is 43.3 Å². The number of nitrogens with one attached hydrogen (secondary N) is 1. The Balaban J connectivity index is 1.84. The molecule has 1 aliphatic rings. The molecule has 1 atom stereocenters. The summed E-state index contributed by atoms with van der Waals surface area (Å²) in [4.78, 5) is 0. The maximum Gasteiger partial charge on any atom is 0.0607 e. The normalized spacial score (nSPS) is 17.8. The summed E-state index contributed by atoms with van der Waals surface area (Å²) in [6, 6.07) is 18.0. The highest BCUT2D eigenvalue weighted by Crippen LogP contribution is 2.33. The van der Waals surface area contributed by atoms with Crippen molar-refractivity contribution in [1.29, 1.82) is 0 Å². The lowest BCUT2D eigenvalue weighted by molar-refractivity contribution is 0.870. The van der Waals surface area contributed by atoms with Crippen LogP contribution in [0, 0.1) is 0 Å². The topological polar surface area (TPSA) is 12.0 Å². The van der Waals surface area contributed by atoms with Crippen LogP contribution in [-0.4, -0.2) is 5.75 Å². The van der Waals surface area contributed by atoms with Gasteiger partial charge in [-0.15, -0.1) is 0 Å². The third-order valence-corrected chi connectivity index (χ3v) is 4.73. The lowest BCUT2D eigenvalue weighted by atomic mass is 10.0. The van der Waals surface area contributed by atoms with Gasteiger partial charge in [-0.25, -0.2) is 0 Å². The Morgan fingerprint density at radius 3 is 2.95 bits per heavy atom. The van der Waals surface area contributed by atoms with Crippen LogP contribution in [0.15, 0.2) is 48.5 Å². The van der Waals surface area contributed by atoms with Crippen LogP contribution >= 0.6 is 11.8 Å². The summed E-state index contributed by atoms with van der Waals surface area (Å²) in [6.45, 7) is 2.20. The Bertz CT molecular complexity index is 565. The molecular weight excluding hydrogens is 250 g/mol. The summed E-state index contributed by atoms with van der Waals surface area (Å²) in [5.74, 6) is 2.29. The number of anilines is 1. The highest BCUT2D eigenvalue weighted by atomic mass is 32.2. The highest BCUT2D eigenvalue weighted by Gasteiger charge is 2.19. The number of hydrogen-bond acceptors (Lipinski definition) is 2. The minimum Gasteiger partial charge on any atom is -0.377 e. The van der Waals surface area contributed by atoms with Gasteiger partial charge in [0.1, 0.15) is 0 Å². The van der Waals surface area contributed by atoms with Gasteiger partial charge < -0.3 is 5.32 Å². The fourth-order valence-electron chi connectivity index (χ4n) is 2.58. The van der Waals surface area contributed by atoms with Crippen molar-refractivity contribution in [3.8, 4) is 0 Å². The Kier molecular flexibility index (Phi) is 3.79. The first kappa shape index (κ1) is 12.6. The van der Waals surface area contributed by atoms with Gasteiger partial charge in [0, 0.05) is 17.2 Å². The summed E-state index contributed by atoms with van der Waals surface area (Å²) < 4.78 is 0. The number of rotatable bonds is 3. The lowest BCUT2D eigenvalue weighted by Gasteiger charge is -2.27. The fraction of sp³-hybridized carbons (Fsp3) is 0.294. The van der Waals surface area contributed by atoms with Crippen LogP contribution in [0.1, 0.15) is 29.7 Å². The minimum atomic E-state index is 0.432. The maximum atomic E-state index is 3.69. The predicted octanol–water partition coefficient (Wildman–Crippen LogP) is 4.65. The third-order valence-electron chi connectivity index (χ3n) is 3.65. The molecule has 0 bridgehead atoms. The maximum absolute atomic E-state index is 3.69. The monoisotopic (exact) mass is 269 g/mol. The smallest absolute Gasteiger partial charge is 0.0607 e. The molecule has 0 radical (unpaired) electrons. The molecule has 1 heterocycles. The van der Waals surface area contributed by atoms with Crippen molar-refractivity contribution >= 4 is 17.4 Å². The second-order valence-corrected chi connectivity index (χ2v) is 6.00. The van der Waals surface area contributed by atoms with Gasteiger partial charge in [0.2, 0.25) is 0 Å². The minimum absolute atomic E-state index is 0.432. The molecule has 0 amide bonds. The zero-order valence-electron chi connectivity index (χ0n) is 11.2. The van der Waals surface area contributed by atoms with Crippen LogP contribution in [0.5, 0.6) is 0 Å². The summed E-state index contributed by atoms with van der Waals surface area (Å²) in [7, 11) is 0. The van der Waals surface area contributed by atoms with Crippen LogP contribution in [-0.2, 0) is 12.2 Å². The highest BCUT2D eigenvalue weighted by molar-refractivity contribution is 7.98. The molecule has 1 aliphatic heterocycles. The summed E-state index contributed by atoms with van der Waals surface area (Å²) in [6.07, 6.45) is 1.09. The number of aryl methyl sites for hydroxylation is 1. The predicted molar refractivity (Wildman–Crippen MR) is 84.8 cm³/mol. The lowest BCUT2D eigenvalue weighted by Crippen LogP contribution is -2.18. The van der Waals surface area contributed by atoms with E-state index in [1.54, 1.807) is 0 Å². The molecule has 1 unspecified atom stereocenters. The Morgan fingerprint density at radius 1 is 1.16 bits per heavy atom. The molecule has 0 spiro atoms. The van der Waals surface area contributed by atoms with Crippen LogP contribution in [0.25, 0.3) is 0 Å². The molecular formula is C17H19NS. The molecule has 0 saturated carbocycles. The van der Waals surface area contributed by atoms with Gasteiger partial charge in [0.25, 0.3) is 0 Å². The largest absolute Gasteiger partial charge is 0.377 e. The van der Waals surface area contributed by atoms with Gasteiger partial charge in [0.15, 0.2) is 0 Å². The molecule has 1 nitrogen and oxygen atoms in total. The molecule has 1 N–H and O–H groups in total. The van der Waals surface area contributed by atoms with Gasteiger partial charge in [-0.2, -0.15) is 11.8 Å². The first-order valence-electron chi connectivity index (χ1n) is 6.88. The van der Waals surface area contributed by atoms with E-state index in [0.29, 0.717) is 6.04 Å². The third kappa shape index (κ3) is 2.79. The molecule has 2 aromatic rings. The van der Waals surface area contributed by atoms with Gasteiger partial charge in [-0.05, 0) is 35.2 Å².